The Morgan fingerprint density at radius 3 is 2.95 bits per heavy atom. The molecule has 0 aliphatic rings. The monoisotopic (exact) mass is 264 g/mol. The minimum Gasteiger partial charge on any atom is -0.438 e. The molecule has 20 heavy (non-hydrogen) atoms. The van der Waals surface area contributed by atoms with Crippen molar-refractivity contribution in [1.82, 2.24) is 14.8 Å². The van der Waals surface area contributed by atoms with Crippen LogP contribution >= 0.6 is 0 Å². The fraction of sp³-hybridized carbons (Fsp3) is 0.133. The molecule has 0 spiro atoms. The van der Waals surface area contributed by atoms with Gasteiger partial charge in [-0.25, -0.2) is 4.68 Å². The van der Waals surface area contributed by atoms with Crippen molar-refractivity contribution >= 4 is 10.9 Å². The first-order valence-corrected chi connectivity index (χ1v) is 6.15. The van der Waals surface area contributed by atoms with Crippen LogP contribution in [0.2, 0.25) is 0 Å². The van der Waals surface area contributed by atoms with Gasteiger partial charge in [-0.05, 0) is 25.1 Å². The van der Waals surface area contributed by atoms with Crippen LogP contribution in [0.1, 0.15) is 11.3 Å². The molecule has 0 aliphatic carbocycles. The molecule has 0 aliphatic heterocycles. The summed E-state index contributed by atoms with van der Waals surface area (Å²) in [6, 6.07) is 11.6. The van der Waals surface area contributed by atoms with Gasteiger partial charge in [0.15, 0.2) is 0 Å². The molecule has 0 atom stereocenters. The highest BCUT2D eigenvalue weighted by molar-refractivity contribution is 5.79. The number of pyridine rings is 1. The highest BCUT2D eigenvalue weighted by Gasteiger charge is 2.15. The van der Waals surface area contributed by atoms with Crippen molar-refractivity contribution in [1.29, 1.82) is 5.26 Å². The Kier molecular flexibility index (Phi) is 2.84. The second-order valence-corrected chi connectivity index (χ2v) is 4.46. The van der Waals surface area contributed by atoms with Gasteiger partial charge in [-0.3, -0.25) is 4.98 Å². The van der Waals surface area contributed by atoms with Crippen LogP contribution in [0.5, 0.6) is 11.6 Å². The van der Waals surface area contributed by atoms with E-state index in [9.17, 15) is 0 Å². The van der Waals surface area contributed by atoms with E-state index < -0.39 is 0 Å². The summed E-state index contributed by atoms with van der Waals surface area (Å²) in [4.78, 5) is 4.29. The number of hydrogen-bond acceptors (Lipinski definition) is 4. The number of rotatable bonds is 2. The molecule has 0 saturated carbocycles. The summed E-state index contributed by atoms with van der Waals surface area (Å²) in [5.74, 6) is 1.08. The predicted octanol–water partition coefficient (Wildman–Crippen LogP) is 2.94. The van der Waals surface area contributed by atoms with Gasteiger partial charge in [0.2, 0.25) is 5.88 Å². The van der Waals surface area contributed by atoms with E-state index in [1.165, 1.54) is 0 Å². The second-order valence-electron chi connectivity index (χ2n) is 4.46. The molecule has 5 heteroatoms. The van der Waals surface area contributed by atoms with Gasteiger partial charge in [0.25, 0.3) is 0 Å². The zero-order valence-electron chi connectivity index (χ0n) is 11.2. The minimum absolute atomic E-state index is 0.445. The van der Waals surface area contributed by atoms with E-state index in [2.05, 4.69) is 16.2 Å². The molecular formula is C15H12N4O. The molecule has 0 N–H and O–H groups in total. The molecule has 0 unspecified atom stereocenters. The summed E-state index contributed by atoms with van der Waals surface area (Å²) in [5, 5.41) is 14.4. The fourth-order valence-corrected chi connectivity index (χ4v) is 2.10. The Hall–Kier alpha value is -2.87. The summed E-state index contributed by atoms with van der Waals surface area (Å²) in [6.07, 6.45) is 1.74. The SMILES string of the molecule is Cc1nn(C)c(Oc2ccc3cccnc3c2)c1C#N. The first kappa shape index (κ1) is 12.2. The van der Waals surface area contributed by atoms with E-state index in [-0.39, 0.29) is 0 Å². The summed E-state index contributed by atoms with van der Waals surface area (Å²) in [5.41, 5.74) is 1.96. The van der Waals surface area contributed by atoms with Crippen molar-refractivity contribution < 1.29 is 4.74 Å². The third kappa shape index (κ3) is 1.97. The Morgan fingerprint density at radius 1 is 1.30 bits per heavy atom. The average molecular weight is 264 g/mol. The number of fused-ring (bicyclic) bond motifs is 1. The lowest BCUT2D eigenvalue weighted by Gasteiger charge is -2.06. The van der Waals surface area contributed by atoms with E-state index >= 15 is 0 Å². The van der Waals surface area contributed by atoms with Crippen molar-refractivity contribution in [2.45, 2.75) is 6.92 Å². The Balaban J connectivity index is 2.04. The number of ether oxygens (including phenoxy) is 1. The van der Waals surface area contributed by atoms with Crippen LogP contribution in [0.4, 0.5) is 0 Å². The van der Waals surface area contributed by atoms with E-state index in [4.69, 9.17) is 10.00 Å². The van der Waals surface area contributed by atoms with E-state index in [1.807, 2.05) is 30.3 Å². The zero-order valence-corrected chi connectivity index (χ0v) is 11.2. The first-order chi connectivity index (χ1) is 9.69. The molecule has 3 aromatic rings. The third-order valence-electron chi connectivity index (χ3n) is 3.07. The quantitative estimate of drug-likeness (QED) is 0.713. The summed E-state index contributed by atoms with van der Waals surface area (Å²) >= 11 is 0. The van der Waals surface area contributed by atoms with Crippen molar-refractivity contribution in [2.75, 3.05) is 0 Å². The van der Waals surface area contributed by atoms with Gasteiger partial charge < -0.3 is 4.74 Å². The molecular weight excluding hydrogens is 252 g/mol. The van der Waals surface area contributed by atoms with Gasteiger partial charge in [0, 0.05) is 24.7 Å². The molecule has 2 heterocycles. The molecule has 5 nitrogen and oxygen atoms in total. The van der Waals surface area contributed by atoms with E-state index in [0.29, 0.717) is 22.9 Å². The summed E-state index contributed by atoms with van der Waals surface area (Å²) < 4.78 is 7.36. The van der Waals surface area contributed by atoms with Gasteiger partial charge >= 0.3 is 0 Å². The average Bonchev–Trinajstić information content (AvgIpc) is 2.72. The Bertz CT molecular complexity index is 829. The molecule has 0 amide bonds. The van der Waals surface area contributed by atoms with E-state index in [1.54, 1.807) is 24.9 Å². The van der Waals surface area contributed by atoms with Gasteiger partial charge in [-0.2, -0.15) is 10.4 Å². The van der Waals surface area contributed by atoms with Gasteiger partial charge in [-0.15, -0.1) is 0 Å². The van der Waals surface area contributed by atoms with Gasteiger partial charge in [-0.1, -0.05) is 6.07 Å². The first-order valence-electron chi connectivity index (χ1n) is 6.15. The number of aromatic nitrogens is 3. The molecule has 0 radical (unpaired) electrons. The van der Waals surface area contributed by atoms with Crippen LogP contribution in [-0.4, -0.2) is 14.8 Å². The number of nitriles is 1. The summed E-state index contributed by atoms with van der Waals surface area (Å²) in [7, 11) is 1.75. The topological polar surface area (TPSA) is 63.7 Å². The van der Waals surface area contributed by atoms with Gasteiger partial charge in [0.05, 0.1) is 11.2 Å². The maximum atomic E-state index is 9.17. The lowest BCUT2D eigenvalue weighted by molar-refractivity contribution is 0.430. The van der Waals surface area contributed by atoms with Crippen molar-refractivity contribution in [3.05, 3.63) is 47.8 Å². The number of hydrogen-bond donors (Lipinski definition) is 0. The molecule has 0 bridgehead atoms. The standard InChI is InChI=1S/C15H12N4O/c1-10-13(9-16)15(19(2)18-10)20-12-6-5-11-4-3-7-17-14(11)8-12/h3-8H,1-2H3. The molecule has 0 fully saturated rings. The molecule has 98 valence electrons. The molecule has 3 rings (SSSR count). The van der Waals surface area contributed by atoms with Crippen LogP contribution in [0.25, 0.3) is 10.9 Å². The molecule has 0 saturated heterocycles. The largest absolute Gasteiger partial charge is 0.438 e. The molecule has 2 aromatic heterocycles. The van der Waals surface area contributed by atoms with Crippen LogP contribution < -0.4 is 4.74 Å². The lowest BCUT2D eigenvalue weighted by atomic mass is 10.2. The zero-order chi connectivity index (χ0) is 14.1. The smallest absolute Gasteiger partial charge is 0.235 e. The number of aryl methyl sites for hydroxylation is 2. The Labute approximate surface area is 116 Å². The lowest BCUT2D eigenvalue weighted by Crippen LogP contribution is -1.96. The normalized spacial score (nSPS) is 10.4. The van der Waals surface area contributed by atoms with Crippen molar-refractivity contribution in [3.8, 4) is 17.7 Å². The summed E-state index contributed by atoms with van der Waals surface area (Å²) in [6.45, 7) is 1.79. The predicted molar refractivity (Wildman–Crippen MR) is 74.5 cm³/mol. The van der Waals surface area contributed by atoms with E-state index in [0.717, 1.165) is 10.9 Å². The maximum absolute atomic E-state index is 9.17. The van der Waals surface area contributed by atoms with Crippen molar-refractivity contribution in [2.24, 2.45) is 7.05 Å². The minimum atomic E-state index is 0.445. The van der Waals surface area contributed by atoms with Crippen LogP contribution in [0.3, 0.4) is 0 Å². The van der Waals surface area contributed by atoms with Crippen LogP contribution in [0, 0.1) is 18.3 Å². The number of benzene rings is 1. The fourth-order valence-electron chi connectivity index (χ4n) is 2.10. The Morgan fingerprint density at radius 2 is 2.15 bits per heavy atom. The highest BCUT2D eigenvalue weighted by Crippen LogP contribution is 2.28. The van der Waals surface area contributed by atoms with Crippen molar-refractivity contribution in [3.63, 3.8) is 0 Å². The molecule has 1 aromatic carbocycles. The third-order valence-corrected chi connectivity index (χ3v) is 3.07. The highest BCUT2D eigenvalue weighted by atomic mass is 16.5. The maximum Gasteiger partial charge on any atom is 0.235 e. The van der Waals surface area contributed by atoms with Crippen LogP contribution in [-0.2, 0) is 7.05 Å². The van der Waals surface area contributed by atoms with Gasteiger partial charge in [0.1, 0.15) is 17.4 Å². The van der Waals surface area contributed by atoms with Crippen LogP contribution in [0.15, 0.2) is 36.5 Å². The second kappa shape index (κ2) is 4.67. The number of nitrogens with zero attached hydrogens (tertiary/aromatic N) is 4.